The molecule has 0 saturated carbocycles. The zero-order valence-electron chi connectivity index (χ0n) is 55.8. The number of rotatable bonds is 65. The molecule has 4 atom stereocenters. The van der Waals surface area contributed by atoms with E-state index >= 15 is 0 Å². The van der Waals surface area contributed by atoms with E-state index in [0.717, 1.165) is 263 Å². The minimum absolute atomic E-state index is 0.0836. The summed E-state index contributed by atoms with van der Waals surface area (Å²) in [5.41, 5.74) is 0. The molecule has 12 heteroatoms. The molecule has 0 aliphatic rings. The van der Waals surface area contributed by atoms with E-state index < -0.39 is 0 Å². The molecular formula is C72H134O12. The first-order chi connectivity index (χ1) is 41.0. The van der Waals surface area contributed by atoms with Crippen LogP contribution in [0.15, 0.2) is 0 Å². The number of unbranched alkanes of at least 4 members (excludes halogenated alkanes) is 31. The fraction of sp³-hybridized carbons (Fsp3) is 0.917. The lowest BCUT2D eigenvalue weighted by Gasteiger charge is -2.22. The molecule has 0 heterocycles. The zero-order valence-corrected chi connectivity index (χ0v) is 55.8. The van der Waals surface area contributed by atoms with Gasteiger partial charge in [-0.15, -0.1) is 0 Å². The van der Waals surface area contributed by atoms with Crippen molar-refractivity contribution < 1.29 is 57.2 Å². The molecule has 0 radical (unpaired) electrons. The van der Waals surface area contributed by atoms with Gasteiger partial charge in [0.1, 0.15) is 24.4 Å². The molecular weight excluding hydrogens is 1060 g/mol. The Bertz CT molecular complexity index is 1520. The van der Waals surface area contributed by atoms with Gasteiger partial charge in [0.25, 0.3) is 0 Å². The number of carbonyl (C=O) groups excluding carboxylic acids is 6. The molecule has 0 rings (SSSR count). The number of hydrogen-bond acceptors (Lipinski definition) is 12. The Morgan fingerprint density at radius 2 is 0.381 bits per heavy atom. The average molecular weight is 1190 g/mol. The highest BCUT2D eigenvalue weighted by Gasteiger charge is 2.22. The lowest BCUT2D eigenvalue weighted by atomic mass is 9.99. The Morgan fingerprint density at radius 1 is 0.202 bits per heavy atom. The van der Waals surface area contributed by atoms with Crippen molar-refractivity contribution >= 4 is 35.8 Å². The smallest absolute Gasteiger partial charge is 0.306 e. The van der Waals surface area contributed by atoms with Crippen molar-refractivity contribution in [1.29, 1.82) is 0 Å². The lowest BCUT2D eigenvalue weighted by molar-refractivity contribution is -0.154. The first-order valence-corrected chi connectivity index (χ1v) is 36.1. The molecule has 0 amide bonds. The third-order valence-electron chi connectivity index (χ3n) is 16.4. The third kappa shape index (κ3) is 56.6. The normalized spacial score (nSPS) is 12.8. The predicted octanol–water partition coefficient (Wildman–Crippen LogP) is 20.9. The highest BCUT2D eigenvalue weighted by molar-refractivity contribution is 5.71. The second-order valence-electron chi connectivity index (χ2n) is 24.7. The van der Waals surface area contributed by atoms with Crippen LogP contribution in [0.4, 0.5) is 0 Å². The average Bonchev–Trinajstić information content (AvgIpc) is 3.47. The van der Waals surface area contributed by atoms with Crippen LogP contribution in [0.5, 0.6) is 0 Å². The molecule has 12 nitrogen and oxygen atoms in total. The third-order valence-corrected chi connectivity index (χ3v) is 16.4. The maximum atomic E-state index is 12.8. The molecule has 494 valence electrons. The Balaban J connectivity index is 4.16. The Labute approximate surface area is 516 Å². The molecule has 0 fully saturated rings. The first-order valence-electron chi connectivity index (χ1n) is 36.1. The van der Waals surface area contributed by atoms with Gasteiger partial charge in [0.05, 0.1) is 13.2 Å². The van der Waals surface area contributed by atoms with E-state index in [2.05, 4.69) is 41.5 Å². The van der Waals surface area contributed by atoms with Gasteiger partial charge in [-0.25, -0.2) is 0 Å². The molecule has 0 N–H and O–H groups in total. The van der Waals surface area contributed by atoms with Gasteiger partial charge in [0.2, 0.25) is 0 Å². The summed E-state index contributed by atoms with van der Waals surface area (Å²) in [4.78, 5) is 75.5. The SMILES string of the molecule is CCCCCCC(CCC(CCCCCCCC(=O)OCCCCCCCCCCCCOC(=O)CCCCCCCCC(CCC(CCCCC)OC(=O)CCCCC)OC(=O)CCCCC)OC(=O)CCCCC)OC(=O)CCCCC. The zero-order chi connectivity index (χ0) is 61.6. The minimum Gasteiger partial charge on any atom is -0.466 e. The van der Waals surface area contributed by atoms with E-state index in [9.17, 15) is 28.8 Å². The molecule has 0 spiro atoms. The number of esters is 6. The van der Waals surface area contributed by atoms with Crippen molar-refractivity contribution in [2.45, 2.75) is 413 Å². The van der Waals surface area contributed by atoms with Crippen molar-refractivity contribution in [3.05, 3.63) is 0 Å². The van der Waals surface area contributed by atoms with Crippen molar-refractivity contribution in [2.75, 3.05) is 13.2 Å². The van der Waals surface area contributed by atoms with E-state index in [1.54, 1.807) is 0 Å². The van der Waals surface area contributed by atoms with Gasteiger partial charge in [-0.2, -0.15) is 0 Å². The fourth-order valence-corrected chi connectivity index (χ4v) is 10.9. The molecule has 4 unspecified atom stereocenters. The van der Waals surface area contributed by atoms with Crippen molar-refractivity contribution in [1.82, 2.24) is 0 Å². The van der Waals surface area contributed by atoms with Crippen LogP contribution in [-0.4, -0.2) is 73.4 Å². The van der Waals surface area contributed by atoms with Gasteiger partial charge in [-0.1, -0.05) is 221 Å². The summed E-state index contributed by atoms with van der Waals surface area (Å²) in [5, 5.41) is 0. The molecule has 84 heavy (non-hydrogen) atoms. The molecule has 0 bridgehead atoms. The largest absolute Gasteiger partial charge is 0.466 e. The van der Waals surface area contributed by atoms with Gasteiger partial charge in [-0.3, -0.25) is 28.8 Å². The summed E-state index contributed by atoms with van der Waals surface area (Å²) in [5.74, 6) is -0.589. The van der Waals surface area contributed by atoms with Gasteiger partial charge in [-0.05, 0) is 128 Å². The summed E-state index contributed by atoms with van der Waals surface area (Å²) in [7, 11) is 0. The molecule has 0 aromatic heterocycles. The van der Waals surface area contributed by atoms with E-state index in [4.69, 9.17) is 28.4 Å². The molecule has 0 saturated heterocycles. The Morgan fingerprint density at radius 3 is 0.655 bits per heavy atom. The maximum Gasteiger partial charge on any atom is 0.306 e. The van der Waals surface area contributed by atoms with E-state index in [1.165, 1.54) is 44.9 Å². The van der Waals surface area contributed by atoms with Crippen LogP contribution in [0.3, 0.4) is 0 Å². The molecule has 0 aromatic carbocycles. The van der Waals surface area contributed by atoms with Crippen LogP contribution < -0.4 is 0 Å². The van der Waals surface area contributed by atoms with Gasteiger partial charge >= 0.3 is 35.8 Å². The maximum absolute atomic E-state index is 12.8. The highest BCUT2D eigenvalue weighted by Crippen LogP contribution is 2.24. The number of carbonyl (C=O) groups is 6. The second-order valence-corrected chi connectivity index (χ2v) is 24.7. The van der Waals surface area contributed by atoms with Gasteiger partial charge in [0, 0.05) is 38.5 Å². The van der Waals surface area contributed by atoms with Crippen molar-refractivity contribution in [2.24, 2.45) is 0 Å². The van der Waals surface area contributed by atoms with Crippen LogP contribution in [0.25, 0.3) is 0 Å². The standard InChI is InChI=1S/C72H134O12/c1-7-13-19-40-48-64(82-70(76)54-37-16-10-4)59-60-66(84-72(78)56-39-18-12-6)50-42-30-28-32-44-52-68(74)80-62-46-34-27-23-21-20-22-26-33-45-61-79-67(73)51-43-31-25-24-29-41-49-65(83-71(77)55-38-17-11-5)58-57-63(47-35-14-8-2)81-69(75)53-36-15-9-3/h63-66H,7-62H2,1-6H3. The minimum atomic E-state index is -0.157. The van der Waals surface area contributed by atoms with E-state index in [1.807, 2.05) is 0 Å². The summed E-state index contributed by atoms with van der Waals surface area (Å²) >= 11 is 0. The van der Waals surface area contributed by atoms with Gasteiger partial charge in [0.15, 0.2) is 0 Å². The van der Waals surface area contributed by atoms with Crippen molar-refractivity contribution in [3.63, 3.8) is 0 Å². The second kappa shape index (κ2) is 62.9. The first kappa shape index (κ1) is 80.8. The monoisotopic (exact) mass is 1190 g/mol. The summed E-state index contributed by atoms with van der Waals surface area (Å²) in [6.45, 7) is 14.0. The topological polar surface area (TPSA) is 158 Å². The molecule has 0 aliphatic heterocycles. The summed E-state index contributed by atoms with van der Waals surface area (Å²) in [6, 6.07) is 0. The van der Waals surface area contributed by atoms with E-state index in [0.29, 0.717) is 51.7 Å². The molecule has 0 aliphatic carbocycles. The van der Waals surface area contributed by atoms with Crippen LogP contribution in [0, 0.1) is 0 Å². The highest BCUT2D eigenvalue weighted by atomic mass is 16.6. The van der Waals surface area contributed by atoms with Crippen LogP contribution >= 0.6 is 0 Å². The molecule has 0 aromatic rings. The Hall–Kier alpha value is -3.18. The quantitative estimate of drug-likeness (QED) is 0.0323. The van der Waals surface area contributed by atoms with Gasteiger partial charge < -0.3 is 28.4 Å². The van der Waals surface area contributed by atoms with Crippen LogP contribution in [0.1, 0.15) is 388 Å². The lowest BCUT2D eigenvalue weighted by Crippen LogP contribution is -2.23. The fourth-order valence-electron chi connectivity index (χ4n) is 10.9. The summed E-state index contributed by atoms with van der Waals surface area (Å²) < 4.78 is 35.0. The van der Waals surface area contributed by atoms with E-state index in [-0.39, 0.29) is 60.2 Å². The Kier molecular flexibility index (Phi) is 60.5. The van der Waals surface area contributed by atoms with Crippen LogP contribution in [0.2, 0.25) is 0 Å². The van der Waals surface area contributed by atoms with Crippen LogP contribution in [-0.2, 0) is 57.2 Å². The number of ether oxygens (including phenoxy) is 6. The van der Waals surface area contributed by atoms with Crippen molar-refractivity contribution in [3.8, 4) is 0 Å². The summed E-state index contributed by atoms with van der Waals surface area (Å²) in [6.07, 6.45) is 50.5. The number of hydrogen-bond donors (Lipinski definition) is 0. The predicted molar refractivity (Wildman–Crippen MR) is 345 cm³/mol.